The average Bonchev–Trinajstić information content (AvgIpc) is 1.77. The molecule has 0 unspecified atom stereocenters. The van der Waals surface area contributed by atoms with Crippen LogP contribution in [0, 0.1) is 5.41 Å². The summed E-state index contributed by atoms with van der Waals surface area (Å²) in [5, 5.41) is 0. The fourth-order valence-electron chi connectivity index (χ4n) is 11.1. The van der Waals surface area contributed by atoms with Gasteiger partial charge in [0.2, 0.25) is 0 Å². The minimum absolute atomic E-state index is 0.320. The third-order valence-corrected chi connectivity index (χ3v) is 21.3. The van der Waals surface area contributed by atoms with Crippen LogP contribution in [0.5, 0.6) is 0 Å². The molecule has 0 aromatic heterocycles. The third kappa shape index (κ3) is 18.6. The van der Waals surface area contributed by atoms with Crippen LogP contribution >= 0.6 is 47.8 Å². The minimum atomic E-state index is -0.394. The largest absolute Gasteiger partial charge is 0.494 e. The second-order valence-electron chi connectivity index (χ2n) is 28.4. The topological polar surface area (TPSA) is 89.6 Å². The summed E-state index contributed by atoms with van der Waals surface area (Å²) < 4.78 is 57.5. The fraction of sp³-hybridized carbons (Fsp3) is 0.455. The summed E-state index contributed by atoms with van der Waals surface area (Å²) in [6.07, 6.45) is 9.41. The van der Waals surface area contributed by atoms with Crippen LogP contribution in [0.1, 0.15) is 153 Å². The Morgan fingerprint density at radius 2 is 0.649 bits per heavy atom. The molecule has 11 rings (SSSR count). The number of unbranched alkanes of at least 4 members (excludes halogenated alkanes) is 4. The molecule has 7 aromatic rings. The molecule has 0 aliphatic carbocycles. The van der Waals surface area contributed by atoms with Crippen molar-refractivity contribution in [2.24, 2.45) is 5.41 Å². The molecule has 0 saturated carbocycles. The second kappa shape index (κ2) is 32.0. The van der Waals surface area contributed by atoms with Gasteiger partial charge in [0.15, 0.2) is 0 Å². The van der Waals surface area contributed by atoms with Crippen molar-refractivity contribution in [3.63, 3.8) is 0 Å². The Hall–Kier alpha value is -4.59. The zero-order valence-electron chi connectivity index (χ0n) is 58.0. The average molecular weight is 1470 g/mol. The SMILES string of the molecule is CC1(C)OB(c2ccc(N(c3ccc(Br)cc3)c3ccc(B4OC(C)(C)C(C)(C)O4)cc3)cc2)OC1(C)C.CCC1(COCCCCCCOCc2ccc(Br)cc2)COC1.CCCCc1ccc(N(c2ccc(Br)cc2)c2ccc(B3OC(C)(C)C(C)(C)O3)cc2)cc1. The highest BCUT2D eigenvalue weighted by Gasteiger charge is 2.54. The zero-order chi connectivity index (χ0) is 67.5. The van der Waals surface area contributed by atoms with Gasteiger partial charge in [0.25, 0.3) is 0 Å². The van der Waals surface area contributed by atoms with Crippen LogP contribution in [-0.4, -0.2) is 88.0 Å². The highest BCUT2D eigenvalue weighted by atomic mass is 79.9. The van der Waals surface area contributed by atoms with Gasteiger partial charge >= 0.3 is 21.4 Å². The summed E-state index contributed by atoms with van der Waals surface area (Å²) in [4.78, 5) is 4.51. The molecule has 0 amide bonds. The Balaban J connectivity index is 0.000000171. The molecule has 0 bridgehead atoms. The maximum absolute atomic E-state index is 6.26. The molecule has 0 N–H and O–H groups in total. The monoisotopic (exact) mass is 1460 g/mol. The lowest BCUT2D eigenvalue weighted by molar-refractivity contribution is -0.150. The number of ether oxygens (including phenoxy) is 3. The smallest absolute Gasteiger partial charge is 0.399 e. The van der Waals surface area contributed by atoms with E-state index in [1.54, 1.807) is 0 Å². The van der Waals surface area contributed by atoms with Gasteiger partial charge in [0, 0.05) is 66.2 Å². The molecule has 4 aliphatic rings. The van der Waals surface area contributed by atoms with E-state index in [9.17, 15) is 0 Å². The molecule has 17 heteroatoms. The predicted molar refractivity (Wildman–Crippen MR) is 400 cm³/mol. The van der Waals surface area contributed by atoms with Crippen molar-refractivity contribution in [3.05, 3.63) is 194 Å². The van der Waals surface area contributed by atoms with Gasteiger partial charge in [-0.3, -0.25) is 0 Å². The predicted octanol–water partition coefficient (Wildman–Crippen LogP) is 19.0. The number of hydrogen-bond donors (Lipinski definition) is 0. The van der Waals surface area contributed by atoms with Crippen molar-refractivity contribution in [1.29, 1.82) is 0 Å². The quantitative estimate of drug-likeness (QED) is 0.0428. The number of rotatable bonds is 24. The number of benzene rings is 7. The summed E-state index contributed by atoms with van der Waals surface area (Å²) in [6.45, 7) is 34.4. The van der Waals surface area contributed by atoms with E-state index in [0.29, 0.717) is 12.0 Å². The van der Waals surface area contributed by atoms with E-state index in [1.165, 1.54) is 36.8 Å². The summed E-state index contributed by atoms with van der Waals surface area (Å²) >= 11 is 10.6. The van der Waals surface area contributed by atoms with Gasteiger partial charge in [-0.25, -0.2) is 0 Å². The van der Waals surface area contributed by atoms with Crippen LogP contribution in [0.3, 0.4) is 0 Å². The molecule has 0 spiro atoms. The maximum Gasteiger partial charge on any atom is 0.494 e. The number of aryl methyl sites for hydroxylation is 1. The van der Waals surface area contributed by atoms with E-state index < -0.39 is 14.2 Å². The lowest BCUT2D eigenvalue weighted by atomic mass is 9.79. The van der Waals surface area contributed by atoms with E-state index in [-0.39, 0.29) is 40.7 Å². The van der Waals surface area contributed by atoms with Crippen LogP contribution in [0.2, 0.25) is 0 Å². The Morgan fingerprint density at radius 3 is 0.947 bits per heavy atom. The van der Waals surface area contributed by atoms with Crippen LogP contribution in [0.4, 0.5) is 34.1 Å². The lowest BCUT2D eigenvalue weighted by Gasteiger charge is -2.40. The Labute approximate surface area is 588 Å². The van der Waals surface area contributed by atoms with Crippen molar-refractivity contribution < 1.29 is 42.1 Å². The van der Waals surface area contributed by atoms with Crippen molar-refractivity contribution in [1.82, 2.24) is 0 Å². The molecule has 0 radical (unpaired) electrons. The zero-order valence-corrected chi connectivity index (χ0v) is 62.8. The van der Waals surface area contributed by atoms with Gasteiger partial charge < -0.3 is 51.9 Å². The number of anilines is 6. The van der Waals surface area contributed by atoms with E-state index in [0.717, 1.165) is 123 Å². The van der Waals surface area contributed by atoms with Gasteiger partial charge in [-0.1, -0.05) is 142 Å². The van der Waals surface area contributed by atoms with Crippen LogP contribution < -0.4 is 26.2 Å². The molecular formula is C77H98B3Br3N2O9. The Bertz CT molecular complexity index is 3350. The van der Waals surface area contributed by atoms with E-state index >= 15 is 0 Å². The molecule has 4 aliphatic heterocycles. The van der Waals surface area contributed by atoms with Crippen molar-refractivity contribution in [2.75, 3.05) is 42.8 Å². The molecule has 7 aromatic carbocycles. The fourth-order valence-corrected chi connectivity index (χ4v) is 11.9. The highest BCUT2D eigenvalue weighted by molar-refractivity contribution is 9.11. The summed E-state index contributed by atoms with van der Waals surface area (Å²) in [7, 11) is -1.15. The third-order valence-electron chi connectivity index (χ3n) is 19.7. The first-order valence-electron chi connectivity index (χ1n) is 33.7. The first kappa shape index (κ1) is 73.7. The molecular weight excluding hydrogens is 1370 g/mol. The van der Waals surface area contributed by atoms with E-state index in [2.05, 4.69) is 324 Å². The van der Waals surface area contributed by atoms with E-state index in [4.69, 9.17) is 42.1 Å². The van der Waals surface area contributed by atoms with Gasteiger partial charge in [-0.05, 0) is 252 Å². The van der Waals surface area contributed by atoms with Gasteiger partial charge in [0.1, 0.15) is 0 Å². The number of nitrogens with zero attached hydrogens (tertiary/aromatic N) is 2. The van der Waals surface area contributed by atoms with Gasteiger partial charge in [-0.15, -0.1) is 0 Å². The van der Waals surface area contributed by atoms with Crippen molar-refractivity contribution >= 4 is 120 Å². The Morgan fingerprint density at radius 1 is 0.362 bits per heavy atom. The molecule has 4 fully saturated rings. The van der Waals surface area contributed by atoms with Gasteiger partial charge in [0.05, 0.1) is 60.0 Å². The normalized spacial score (nSPS) is 18.4. The maximum atomic E-state index is 6.26. The molecule has 11 nitrogen and oxygen atoms in total. The summed E-state index contributed by atoms with van der Waals surface area (Å²) in [6, 6.07) is 59.3. The molecule has 500 valence electrons. The lowest BCUT2D eigenvalue weighted by Crippen LogP contribution is -2.45. The number of halogens is 3. The van der Waals surface area contributed by atoms with Crippen LogP contribution in [0.25, 0.3) is 0 Å². The molecule has 0 atom stereocenters. The first-order valence-corrected chi connectivity index (χ1v) is 36.1. The van der Waals surface area contributed by atoms with Crippen LogP contribution in [0.15, 0.2) is 183 Å². The standard InChI is InChI=1S/C30H36B2BrNO4.C28H33BBrNO2.C19H29BrO3/c1-27(2)28(3,4)36-31(35-27)21-9-15-24(16-10-21)34(26-19-13-23(33)14-20-26)25-17-11-22(12-18-25)32-37-29(5,6)30(7,8)38-32;1-6-7-8-21-9-15-24(16-10-21)31(26-19-13-23(30)14-20-26)25-17-11-22(12-18-25)29-32-27(2,3)28(4,5)33-29;1-2-19(15-23-16-19)14-22-12-6-4-3-5-11-21-13-17-7-9-18(20)10-8-17/h9-20H,1-8H3;9-20H,6-8H2,1-5H3;7-10H,2-6,11-16H2,1H3. The highest BCUT2D eigenvalue weighted by Crippen LogP contribution is 2.42. The number of hydrogen-bond acceptors (Lipinski definition) is 11. The Kier molecular flexibility index (Phi) is 25.0. The van der Waals surface area contributed by atoms with Crippen LogP contribution in [-0.2, 0) is 55.2 Å². The first-order chi connectivity index (χ1) is 44.6. The minimum Gasteiger partial charge on any atom is -0.399 e. The van der Waals surface area contributed by atoms with Gasteiger partial charge in [-0.2, -0.15) is 0 Å². The molecule has 4 saturated heterocycles. The molecule has 94 heavy (non-hydrogen) atoms. The van der Waals surface area contributed by atoms with Crippen molar-refractivity contribution in [2.45, 2.75) is 189 Å². The molecule has 4 heterocycles. The van der Waals surface area contributed by atoms with E-state index in [1.807, 2.05) is 0 Å². The summed E-state index contributed by atoms with van der Waals surface area (Å²) in [5.41, 5.74) is 10.2. The second-order valence-corrected chi connectivity index (χ2v) is 31.2. The van der Waals surface area contributed by atoms with Crippen molar-refractivity contribution in [3.8, 4) is 0 Å². The summed E-state index contributed by atoms with van der Waals surface area (Å²) in [5.74, 6) is 0.